The zero-order chi connectivity index (χ0) is 13.8. The van der Waals surface area contributed by atoms with E-state index < -0.39 is 7.14 Å². The van der Waals surface area contributed by atoms with E-state index in [0.717, 1.165) is 15.9 Å². The van der Waals surface area contributed by atoms with Crippen LogP contribution >= 0.6 is 7.14 Å². The summed E-state index contributed by atoms with van der Waals surface area (Å²) in [6.07, 6.45) is 0. The van der Waals surface area contributed by atoms with Gasteiger partial charge in [-0.05, 0) is 0 Å². The largest absolute Gasteiger partial charge is 0.309 e. The third-order valence-corrected chi connectivity index (χ3v) is 6.44. The predicted molar refractivity (Wildman–Crippen MR) is 85.8 cm³/mol. The predicted octanol–water partition coefficient (Wildman–Crippen LogP) is 3.32. The third-order valence-electron chi connectivity index (χ3n) is 3.36. The van der Waals surface area contributed by atoms with Crippen molar-refractivity contribution in [2.75, 3.05) is 0 Å². The summed E-state index contributed by atoms with van der Waals surface area (Å²) >= 11 is 0. The molecule has 0 aliphatic carbocycles. The Kier molecular flexibility index (Phi) is 5.18. The zero-order valence-electron chi connectivity index (χ0n) is 11.3. The maximum Gasteiger partial charge on any atom is 0.171 e. The summed E-state index contributed by atoms with van der Waals surface area (Å²) in [7, 11) is -2.78. The number of rotatable bonds is 3. The first-order valence-corrected chi connectivity index (χ1v) is 8.29. The van der Waals surface area contributed by atoms with E-state index in [1.54, 1.807) is 0 Å². The molecule has 0 N–H and O–H groups in total. The van der Waals surface area contributed by atoms with Gasteiger partial charge in [0.25, 0.3) is 0 Å². The van der Waals surface area contributed by atoms with Gasteiger partial charge in [-0.15, -0.1) is 0 Å². The van der Waals surface area contributed by atoms with Crippen LogP contribution in [0.1, 0.15) is 0 Å². The molecule has 0 unspecified atom stereocenters. The first-order chi connectivity index (χ1) is 9.82. The number of benzene rings is 3. The van der Waals surface area contributed by atoms with Gasteiger partial charge in [0.15, 0.2) is 7.14 Å². The maximum atomic E-state index is 13.8. The molecular formula is C18H15NiOP. The van der Waals surface area contributed by atoms with Gasteiger partial charge in [0, 0.05) is 32.4 Å². The van der Waals surface area contributed by atoms with E-state index in [0.29, 0.717) is 0 Å². The summed E-state index contributed by atoms with van der Waals surface area (Å²) in [5, 5.41) is 2.62. The van der Waals surface area contributed by atoms with Crippen molar-refractivity contribution in [2.24, 2.45) is 0 Å². The van der Waals surface area contributed by atoms with E-state index in [9.17, 15) is 4.57 Å². The molecule has 0 aliphatic heterocycles. The normalized spacial score (nSPS) is 10.7. The Bertz CT molecular complexity index is 624. The number of hydrogen-bond acceptors (Lipinski definition) is 1. The Morgan fingerprint density at radius 1 is 0.476 bits per heavy atom. The van der Waals surface area contributed by atoms with Crippen molar-refractivity contribution in [2.45, 2.75) is 0 Å². The van der Waals surface area contributed by atoms with E-state index in [4.69, 9.17) is 0 Å². The molecule has 3 aromatic rings. The topological polar surface area (TPSA) is 17.1 Å². The maximum absolute atomic E-state index is 13.8. The van der Waals surface area contributed by atoms with Gasteiger partial charge >= 0.3 is 0 Å². The summed E-state index contributed by atoms with van der Waals surface area (Å²) in [4.78, 5) is 0. The van der Waals surface area contributed by atoms with Gasteiger partial charge in [-0.1, -0.05) is 91.0 Å². The molecule has 0 aromatic heterocycles. The van der Waals surface area contributed by atoms with Crippen molar-refractivity contribution in [1.82, 2.24) is 0 Å². The summed E-state index contributed by atoms with van der Waals surface area (Å²) in [6.45, 7) is 0. The Hall–Kier alpha value is -1.62. The summed E-state index contributed by atoms with van der Waals surface area (Å²) in [5.74, 6) is 0. The van der Waals surface area contributed by atoms with Crippen molar-refractivity contribution in [3.05, 3.63) is 91.0 Å². The van der Waals surface area contributed by atoms with E-state index in [1.807, 2.05) is 91.0 Å². The molecule has 0 aliphatic rings. The standard InChI is InChI=1S/C18H15OP.Ni/c19-20(16-10-4-1-5-11-16,17-12-6-2-7-13-17)18-14-8-3-9-15-18;/h1-15H;. The van der Waals surface area contributed by atoms with E-state index in [-0.39, 0.29) is 16.5 Å². The van der Waals surface area contributed by atoms with Crippen molar-refractivity contribution in [1.29, 1.82) is 0 Å². The molecular weight excluding hydrogens is 322 g/mol. The molecule has 0 bridgehead atoms. The minimum Gasteiger partial charge on any atom is -0.309 e. The summed E-state index contributed by atoms with van der Waals surface area (Å²) in [5.41, 5.74) is 0. The van der Waals surface area contributed by atoms with E-state index in [2.05, 4.69) is 0 Å². The first-order valence-electron chi connectivity index (χ1n) is 6.59. The van der Waals surface area contributed by atoms with Crippen LogP contribution in [-0.2, 0) is 21.1 Å². The SMILES string of the molecule is O=P(c1ccccc1)(c1ccccc1)c1ccccc1.[Ni]. The molecule has 0 heterocycles. The molecule has 0 saturated carbocycles. The van der Waals surface area contributed by atoms with Crippen LogP contribution in [0.25, 0.3) is 0 Å². The molecule has 0 amide bonds. The molecule has 1 nitrogen and oxygen atoms in total. The van der Waals surface area contributed by atoms with Crippen LogP contribution in [0.15, 0.2) is 91.0 Å². The van der Waals surface area contributed by atoms with Crippen molar-refractivity contribution >= 4 is 23.1 Å². The molecule has 21 heavy (non-hydrogen) atoms. The quantitative estimate of drug-likeness (QED) is 0.529. The molecule has 3 rings (SSSR count). The second kappa shape index (κ2) is 6.90. The van der Waals surface area contributed by atoms with Crippen molar-refractivity contribution < 1.29 is 21.1 Å². The van der Waals surface area contributed by atoms with Gasteiger partial charge in [0.1, 0.15) is 0 Å². The van der Waals surface area contributed by atoms with Gasteiger partial charge in [0.05, 0.1) is 0 Å². The monoisotopic (exact) mass is 336 g/mol. The molecule has 3 heteroatoms. The molecule has 0 saturated heterocycles. The zero-order valence-corrected chi connectivity index (χ0v) is 13.2. The van der Waals surface area contributed by atoms with Crippen LogP contribution in [-0.4, -0.2) is 0 Å². The first kappa shape index (κ1) is 15.8. The van der Waals surface area contributed by atoms with Crippen LogP contribution in [0.3, 0.4) is 0 Å². The van der Waals surface area contributed by atoms with Crippen molar-refractivity contribution in [3.63, 3.8) is 0 Å². The average Bonchev–Trinajstić information content (AvgIpc) is 2.56. The van der Waals surface area contributed by atoms with Crippen LogP contribution < -0.4 is 15.9 Å². The Labute approximate surface area is 135 Å². The third kappa shape index (κ3) is 3.03. The van der Waals surface area contributed by atoms with Gasteiger partial charge in [-0.2, -0.15) is 0 Å². The number of hydrogen-bond donors (Lipinski definition) is 0. The molecule has 0 atom stereocenters. The van der Waals surface area contributed by atoms with Gasteiger partial charge in [-0.25, -0.2) is 0 Å². The Balaban J connectivity index is 0.00000161. The van der Waals surface area contributed by atoms with Gasteiger partial charge in [0.2, 0.25) is 0 Å². The van der Waals surface area contributed by atoms with Gasteiger partial charge in [-0.3, -0.25) is 0 Å². The van der Waals surface area contributed by atoms with Crippen LogP contribution in [0.4, 0.5) is 0 Å². The second-order valence-corrected chi connectivity index (χ2v) is 7.38. The van der Waals surface area contributed by atoms with E-state index >= 15 is 0 Å². The Morgan fingerprint density at radius 3 is 0.952 bits per heavy atom. The van der Waals surface area contributed by atoms with Crippen molar-refractivity contribution in [3.8, 4) is 0 Å². The summed E-state index contributed by atoms with van der Waals surface area (Å²) < 4.78 is 13.8. The second-order valence-electron chi connectivity index (χ2n) is 4.62. The minimum atomic E-state index is -2.78. The summed E-state index contributed by atoms with van der Waals surface area (Å²) in [6, 6.07) is 29.1. The fraction of sp³-hybridized carbons (Fsp3) is 0. The fourth-order valence-electron chi connectivity index (χ4n) is 2.36. The van der Waals surface area contributed by atoms with Gasteiger partial charge < -0.3 is 4.57 Å². The average molecular weight is 337 g/mol. The Morgan fingerprint density at radius 2 is 0.714 bits per heavy atom. The van der Waals surface area contributed by atoms with E-state index in [1.165, 1.54) is 0 Å². The van der Waals surface area contributed by atoms with Crippen LogP contribution in [0.5, 0.6) is 0 Å². The van der Waals surface area contributed by atoms with Crippen LogP contribution in [0, 0.1) is 0 Å². The smallest absolute Gasteiger partial charge is 0.171 e. The molecule has 0 fully saturated rings. The van der Waals surface area contributed by atoms with Crippen LogP contribution in [0.2, 0.25) is 0 Å². The minimum absolute atomic E-state index is 0. The molecule has 108 valence electrons. The molecule has 0 radical (unpaired) electrons. The molecule has 3 aromatic carbocycles. The molecule has 0 spiro atoms. The fourth-order valence-corrected chi connectivity index (χ4v) is 5.03.